The van der Waals surface area contributed by atoms with Gasteiger partial charge in [-0.15, -0.1) is 0 Å². The maximum absolute atomic E-state index is 12.1. The van der Waals surface area contributed by atoms with Gasteiger partial charge in [0, 0.05) is 18.3 Å². The van der Waals surface area contributed by atoms with E-state index >= 15 is 0 Å². The topological polar surface area (TPSA) is 78.1 Å². The van der Waals surface area contributed by atoms with Crippen LogP contribution in [-0.2, 0) is 11.3 Å². The van der Waals surface area contributed by atoms with Crippen LogP contribution < -0.4 is 29.6 Å². The molecule has 3 rings (SSSR count). The Hall–Kier alpha value is -2.93. The number of hydrogen-bond acceptors (Lipinski definition) is 6. The van der Waals surface area contributed by atoms with E-state index in [1.165, 1.54) is 0 Å². The predicted octanol–water partition coefficient (Wildman–Crippen LogP) is 2.16. The maximum atomic E-state index is 12.1. The summed E-state index contributed by atoms with van der Waals surface area (Å²) in [6, 6.07) is 10.9. The first-order valence-electron chi connectivity index (χ1n) is 7.80. The molecule has 7 nitrogen and oxygen atoms in total. The van der Waals surface area contributed by atoms with Gasteiger partial charge in [0.25, 0.3) is 0 Å². The smallest absolute Gasteiger partial charge is 0.238 e. The Morgan fingerprint density at radius 2 is 1.84 bits per heavy atom. The molecule has 2 N–H and O–H groups in total. The summed E-state index contributed by atoms with van der Waals surface area (Å²) in [4.78, 5) is 12.1. The number of benzene rings is 2. The van der Waals surface area contributed by atoms with Crippen LogP contribution in [-0.4, -0.2) is 33.5 Å². The first-order valence-corrected chi connectivity index (χ1v) is 7.80. The summed E-state index contributed by atoms with van der Waals surface area (Å²) in [6.45, 7) is 0.985. The van der Waals surface area contributed by atoms with Crippen molar-refractivity contribution in [3.8, 4) is 23.0 Å². The van der Waals surface area contributed by atoms with Gasteiger partial charge in [-0.1, -0.05) is 6.07 Å². The van der Waals surface area contributed by atoms with Crippen LogP contribution in [0.1, 0.15) is 5.56 Å². The summed E-state index contributed by atoms with van der Waals surface area (Å²) >= 11 is 0. The Morgan fingerprint density at radius 1 is 1.04 bits per heavy atom. The van der Waals surface area contributed by atoms with Crippen molar-refractivity contribution in [1.82, 2.24) is 5.32 Å². The average molecular weight is 344 g/mol. The van der Waals surface area contributed by atoms with Gasteiger partial charge >= 0.3 is 0 Å². The lowest BCUT2D eigenvalue weighted by atomic mass is 10.2. The van der Waals surface area contributed by atoms with E-state index in [1.807, 2.05) is 18.2 Å². The molecular formula is C18H20N2O5. The molecule has 132 valence electrons. The molecule has 1 aliphatic heterocycles. The minimum absolute atomic E-state index is 0.145. The lowest BCUT2D eigenvalue weighted by Crippen LogP contribution is -2.27. The molecule has 1 amide bonds. The van der Waals surface area contributed by atoms with E-state index in [-0.39, 0.29) is 19.2 Å². The molecule has 2 aromatic carbocycles. The Kier molecular flexibility index (Phi) is 5.25. The molecular weight excluding hydrogens is 324 g/mol. The number of fused-ring (bicyclic) bond motifs is 1. The van der Waals surface area contributed by atoms with Crippen molar-refractivity contribution >= 4 is 11.6 Å². The summed E-state index contributed by atoms with van der Waals surface area (Å²) in [5, 5.41) is 5.91. The minimum atomic E-state index is -0.145. The third-order valence-electron chi connectivity index (χ3n) is 3.72. The Balaban J connectivity index is 1.50. The second-order valence-electron chi connectivity index (χ2n) is 5.41. The van der Waals surface area contributed by atoms with Crippen LogP contribution in [0.25, 0.3) is 0 Å². The van der Waals surface area contributed by atoms with Gasteiger partial charge in [0.2, 0.25) is 12.7 Å². The Labute approximate surface area is 145 Å². The van der Waals surface area contributed by atoms with Gasteiger partial charge in [0.1, 0.15) is 0 Å². The van der Waals surface area contributed by atoms with E-state index in [0.29, 0.717) is 23.7 Å². The average Bonchev–Trinajstić information content (AvgIpc) is 3.09. The van der Waals surface area contributed by atoms with Crippen molar-refractivity contribution in [3.05, 3.63) is 42.0 Å². The summed E-state index contributed by atoms with van der Waals surface area (Å²) in [6.07, 6.45) is 0. The van der Waals surface area contributed by atoms with E-state index in [1.54, 1.807) is 32.4 Å². The van der Waals surface area contributed by atoms with Gasteiger partial charge in [-0.25, -0.2) is 0 Å². The number of carbonyl (C=O) groups excluding carboxylic acids is 1. The first-order chi connectivity index (χ1) is 12.2. The largest absolute Gasteiger partial charge is 0.493 e. The zero-order valence-electron chi connectivity index (χ0n) is 14.1. The summed E-state index contributed by atoms with van der Waals surface area (Å²) in [7, 11) is 3.12. The number of methoxy groups -OCH3 is 2. The number of ether oxygens (including phenoxy) is 4. The number of amides is 1. The second-order valence-corrected chi connectivity index (χ2v) is 5.41. The molecule has 0 saturated carbocycles. The molecule has 0 spiro atoms. The van der Waals surface area contributed by atoms with Crippen molar-refractivity contribution in [2.24, 2.45) is 0 Å². The van der Waals surface area contributed by atoms with Gasteiger partial charge < -0.3 is 29.6 Å². The van der Waals surface area contributed by atoms with Crippen LogP contribution in [0.3, 0.4) is 0 Å². The molecule has 1 aliphatic rings. The lowest BCUT2D eigenvalue weighted by molar-refractivity contribution is -0.115. The van der Waals surface area contributed by atoms with E-state index in [0.717, 1.165) is 17.1 Å². The fourth-order valence-corrected chi connectivity index (χ4v) is 2.49. The molecule has 1 heterocycles. The van der Waals surface area contributed by atoms with E-state index in [2.05, 4.69) is 10.6 Å². The first kappa shape index (κ1) is 16.9. The zero-order chi connectivity index (χ0) is 17.6. The van der Waals surface area contributed by atoms with Crippen LogP contribution in [0.2, 0.25) is 0 Å². The van der Waals surface area contributed by atoms with Gasteiger partial charge in [-0.05, 0) is 29.8 Å². The Bertz CT molecular complexity index is 763. The molecule has 0 radical (unpaired) electrons. The van der Waals surface area contributed by atoms with Gasteiger partial charge in [-0.2, -0.15) is 0 Å². The molecule has 0 aliphatic carbocycles. The highest BCUT2D eigenvalue weighted by molar-refractivity contribution is 5.92. The number of rotatable bonds is 7. The highest BCUT2D eigenvalue weighted by atomic mass is 16.7. The molecule has 7 heteroatoms. The van der Waals surface area contributed by atoms with Crippen LogP contribution in [0, 0.1) is 0 Å². The predicted molar refractivity (Wildman–Crippen MR) is 92.4 cm³/mol. The molecule has 25 heavy (non-hydrogen) atoms. The van der Waals surface area contributed by atoms with Crippen molar-refractivity contribution in [2.75, 3.05) is 32.9 Å². The summed E-state index contributed by atoms with van der Waals surface area (Å²) < 4.78 is 21.0. The fourth-order valence-electron chi connectivity index (χ4n) is 2.49. The highest BCUT2D eigenvalue weighted by Crippen LogP contribution is 2.32. The monoisotopic (exact) mass is 344 g/mol. The van der Waals surface area contributed by atoms with Crippen molar-refractivity contribution < 1.29 is 23.7 Å². The standard InChI is InChI=1S/C18H20N2O5/c1-22-14-6-4-13(8-16(14)23-2)20-18(21)10-19-9-12-3-5-15-17(7-12)25-11-24-15/h3-8,19H,9-11H2,1-2H3,(H,20,21). The van der Waals surface area contributed by atoms with Gasteiger partial charge in [0.15, 0.2) is 23.0 Å². The van der Waals surface area contributed by atoms with Crippen molar-refractivity contribution in [1.29, 1.82) is 0 Å². The molecule has 2 aromatic rings. The van der Waals surface area contributed by atoms with Gasteiger partial charge in [-0.3, -0.25) is 4.79 Å². The third-order valence-corrected chi connectivity index (χ3v) is 3.72. The fraction of sp³-hybridized carbons (Fsp3) is 0.278. The molecule has 0 bridgehead atoms. The quantitative estimate of drug-likeness (QED) is 0.801. The van der Waals surface area contributed by atoms with Crippen LogP contribution >= 0.6 is 0 Å². The zero-order valence-corrected chi connectivity index (χ0v) is 14.1. The summed E-state index contributed by atoms with van der Waals surface area (Å²) in [5.41, 5.74) is 1.66. The molecule has 0 aromatic heterocycles. The minimum Gasteiger partial charge on any atom is -0.493 e. The third kappa shape index (κ3) is 4.13. The number of hydrogen-bond donors (Lipinski definition) is 2. The summed E-state index contributed by atoms with van der Waals surface area (Å²) in [5.74, 6) is 2.51. The highest BCUT2D eigenvalue weighted by Gasteiger charge is 2.13. The van der Waals surface area contributed by atoms with E-state index in [4.69, 9.17) is 18.9 Å². The lowest BCUT2D eigenvalue weighted by Gasteiger charge is -2.11. The molecule has 0 atom stereocenters. The number of anilines is 1. The van der Waals surface area contributed by atoms with E-state index in [9.17, 15) is 4.79 Å². The number of nitrogens with one attached hydrogen (secondary N) is 2. The second kappa shape index (κ2) is 7.76. The van der Waals surface area contributed by atoms with Gasteiger partial charge in [0.05, 0.1) is 20.8 Å². The van der Waals surface area contributed by atoms with E-state index < -0.39 is 0 Å². The molecule has 0 saturated heterocycles. The van der Waals surface area contributed by atoms with Crippen LogP contribution in [0.5, 0.6) is 23.0 Å². The van der Waals surface area contributed by atoms with Crippen LogP contribution in [0.4, 0.5) is 5.69 Å². The number of carbonyl (C=O) groups is 1. The normalized spacial score (nSPS) is 11.9. The molecule has 0 unspecified atom stereocenters. The molecule has 0 fully saturated rings. The maximum Gasteiger partial charge on any atom is 0.238 e. The van der Waals surface area contributed by atoms with Crippen molar-refractivity contribution in [2.45, 2.75) is 6.54 Å². The van der Waals surface area contributed by atoms with Crippen molar-refractivity contribution in [3.63, 3.8) is 0 Å². The Morgan fingerprint density at radius 3 is 2.64 bits per heavy atom. The SMILES string of the molecule is COc1ccc(NC(=O)CNCc2ccc3c(c2)OCO3)cc1OC. The van der Waals surface area contributed by atoms with Crippen LogP contribution in [0.15, 0.2) is 36.4 Å².